The molecular formula is C23H23N3O3. The van der Waals surface area contributed by atoms with Crippen LogP contribution in [-0.2, 0) is 6.54 Å². The Kier molecular flexibility index (Phi) is 5.16. The van der Waals surface area contributed by atoms with Crippen molar-refractivity contribution in [2.75, 3.05) is 6.61 Å². The summed E-state index contributed by atoms with van der Waals surface area (Å²) in [5.41, 5.74) is 3.07. The Morgan fingerprint density at radius 1 is 1.10 bits per heavy atom. The van der Waals surface area contributed by atoms with Gasteiger partial charge in [0, 0.05) is 23.7 Å². The fraction of sp³-hybridized carbons (Fsp3) is 0.261. The molecule has 0 N–H and O–H groups in total. The van der Waals surface area contributed by atoms with Crippen LogP contribution in [0, 0.1) is 6.92 Å². The number of hydrogen-bond acceptors (Lipinski definition) is 5. The van der Waals surface area contributed by atoms with Crippen molar-refractivity contribution in [3.8, 4) is 28.6 Å². The van der Waals surface area contributed by atoms with E-state index in [0.717, 1.165) is 35.4 Å². The lowest BCUT2D eigenvalue weighted by Gasteiger charge is -2.11. The lowest BCUT2D eigenvalue weighted by molar-refractivity contribution is 0.340. The molecule has 0 unspecified atom stereocenters. The molecule has 0 amide bonds. The van der Waals surface area contributed by atoms with Crippen LogP contribution in [0.2, 0.25) is 0 Å². The lowest BCUT2D eigenvalue weighted by Crippen LogP contribution is -2.12. The van der Waals surface area contributed by atoms with E-state index in [2.05, 4.69) is 21.6 Å². The second kappa shape index (κ2) is 7.91. The van der Waals surface area contributed by atoms with Gasteiger partial charge in [0.1, 0.15) is 11.3 Å². The monoisotopic (exact) mass is 389 g/mol. The van der Waals surface area contributed by atoms with Gasteiger partial charge in [0.15, 0.2) is 0 Å². The van der Waals surface area contributed by atoms with Crippen LogP contribution >= 0.6 is 0 Å². The van der Waals surface area contributed by atoms with Crippen molar-refractivity contribution in [3.05, 3.63) is 64.4 Å². The second-order valence-electron chi connectivity index (χ2n) is 6.97. The molecule has 148 valence electrons. The zero-order valence-electron chi connectivity index (χ0n) is 16.8. The molecule has 0 saturated carbocycles. The van der Waals surface area contributed by atoms with Crippen molar-refractivity contribution in [1.82, 2.24) is 14.7 Å². The zero-order chi connectivity index (χ0) is 20.4. The minimum absolute atomic E-state index is 0.0991. The van der Waals surface area contributed by atoms with Crippen molar-refractivity contribution in [2.24, 2.45) is 0 Å². The van der Waals surface area contributed by atoms with E-state index in [1.807, 2.05) is 62.5 Å². The number of fused-ring (bicyclic) bond motifs is 1. The minimum Gasteiger partial charge on any atom is -0.494 e. The number of aryl methyl sites for hydroxylation is 2. The van der Waals surface area contributed by atoms with Gasteiger partial charge in [-0.05, 0) is 56.7 Å². The molecule has 0 spiro atoms. The maximum absolute atomic E-state index is 13.1. The highest BCUT2D eigenvalue weighted by atomic mass is 16.5. The highest BCUT2D eigenvalue weighted by molar-refractivity contribution is 5.83. The van der Waals surface area contributed by atoms with Gasteiger partial charge in [0.25, 0.3) is 5.89 Å². The molecule has 0 aliphatic rings. The summed E-state index contributed by atoms with van der Waals surface area (Å²) in [5.74, 6) is 1.45. The van der Waals surface area contributed by atoms with E-state index in [1.165, 1.54) is 0 Å². The second-order valence-corrected chi connectivity index (χ2v) is 6.97. The SMILES string of the molecule is CCCn1cc(-c2nc(-c3ccc(OCC)cc3)no2)c(=O)c2cc(C)ccc21. The van der Waals surface area contributed by atoms with E-state index >= 15 is 0 Å². The molecule has 0 fully saturated rings. The molecule has 0 aliphatic carbocycles. The van der Waals surface area contributed by atoms with Gasteiger partial charge >= 0.3 is 0 Å². The Hall–Kier alpha value is -3.41. The summed E-state index contributed by atoms with van der Waals surface area (Å²) in [6.45, 7) is 7.43. The summed E-state index contributed by atoms with van der Waals surface area (Å²) in [7, 11) is 0. The number of ether oxygens (including phenoxy) is 1. The van der Waals surface area contributed by atoms with Crippen LogP contribution in [0.4, 0.5) is 0 Å². The molecular weight excluding hydrogens is 366 g/mol. The summed E-state index contributed by atoms with van der Waals surface area (Å²) >= 11 is 0. The number of nitrogens with zero attached hydrogens (tertiary/aromatic N) is 3. The largest absolute Gasteiger partial charge is 0.494 e. The average Bonchev–Trinajstić information content (AvgIpc) is 3.21. The normalized spacial score (nSPS) is 11.1. The van der Waals surface area contributed by atoms with Gasteiger partial charge in [-0.1, -0.05) is 23.7 Å². The molecule has 2 heterocycles. The summed E-state index contributed by atoms with van der Waals surface area (Å²) in [5, 5.41) is 4.74. The van der Waals surface area contributed by atoms with Crippen LogP contribution in [0.5, 0.6) is 5.75 Å². The first-order valence-electron chi connectivity index (χ1n) is 9.81. The fourth-order valence-corrected chi connectivity index (χ4v) is 3.41. The minimum atomic E-state index is -0.0991. The summed E-state index contributed by atoms with van der Waals surface area (Å²) in [4.78, 5) is 17.6. The van der Waals surface area contributed by atoms with Crippen molar-refractivity contribution in [3.63, 3.8) is 0 Å². The zero-order valence-corrected chi connectivity index (χ0v) is 16.8. The van der Waals surface area contributed by atoms with E-state index < -0.39 is 0 Å². The standard InChI is InChI=1S/C23H23N3O3/c1-4-12-26-14-19(21(27)18-13-15(3)6-11-20(18)26)23-24-22(25-29-23)16-7-9-17(10-8-16)28-5-2/h6-11,13-14H,4-5,12H2,1-3H3. The van der Waals surface area contributed by atoms with Gasteiger partial charge in [-0.3, -0.25) is 4.79 Å². The maximum Gasteiger partial charge on any atom is 0.263 e. The third-order valence-corrected chi connectivity index (χ3v) is 4.78. The van der Waals surface area contributed by atoms with Gasteiger partial charge in [0.05, 0.1) is 12.1 Å². The summed E-state index contributed by atoms with van der Waals surface area (Å²) in [6, 6.07) is 13.4. The first kappa shape index (κ1) is 18.9. The van der Waals surface area contributed by atoms with Crippen LogP contribution in [0.3, 0.4) is 0 Å². The Bertz CT molecular complexity index is 1210. The molecule has 0 aliphatic heterocycles. The molecule has 2 aromatic heterocycles. The summed E-state index contributed by atoms with van der Waals surface area (Å²) in [6.07, 6.45) is 2.77. The van der Waals surface area contributed by atoms with E-state index in [9.17, 15) is 4.79 Å². The van der Waals surface area contributed by atoms with E-state index in [0.29, 0.717) is 23.4 Å². The van der Waals surface area contributed by atoms with Crippen LogP contribution in [-0.4, -0.2) is 21.3 Å². The van der Waals surface area contributed by atoms with Crippen molar-refractivity contribution < 1.29 is 9.26 Å². The van der Waals surface area contributed by atoms with Crippen LogP contribution in [0.15, 0.2) is 58.0 Å². The Balaban J connectivity index is 1.79. The van der Waals surface area contributed by atoms with E-state index in [4.69, 9.17) is 9.26 Å². The van der Waals surface area contributed by atoms with Crippen molar-refractivity contribution in [1.29, 1.82) is 0 Å². The lowest BCUT2D eigenvalue weighted by atomic mass is 10.1. The van der Waals surface area contributed by atoms with Crippen LogP contribution < -0.4 is 10.2 Å². The average molecular weight is 389 g/mol. The summed E-state index contributed by atoms with van der Waals surface area (Å²) < 4.78 is 13.0. The van der Waals surface area contributed by atoms with Crippen LogP contribution in [0.1, 0.15) is 25.8 Å². The molecule has 0 bridgehead atoms. The fourth-order valence-electron chi connectivity index (χ4n) is 3.41. The molecule has 0 atom stereocenters. The maximum atomic E-state index is 13.1. The third kappa shape index (κ3) is 3.66. The molecule has 2 aromatic carbocycles. The van der Waals surface area contributed by atoms with E-state index in [1.54, 1.807) is 0 Å². The topological polar surface area (TPSA) is 70.2 Å². The van der Waals surface area contributed by atoms with Gasteiger partial charge in [-0.2, -0.15) is 4.98 Å². The molecule has 0 saturated heterocycles. The first-order valence-corrected chi connectivity index (χ1v) is 9.81. The number of hydrogen-bond donors (Lipinski definition) is 0. The number of aromatic nitrogens is 3. The predicted octanol–water partition coefficient (Wildman–Crippen LogP) is 4.84. The predicted molar refractivity (Wildman–Crippen MR) is 113 cm³/mol. The van der Waals surface area contributed by atoms with Gasteiger partial charge in [-0.15, -0.1) is 0 Å². The Morgan fingerprint density at radius 3 is 2.62 bits per heavy atom. The first-order chi connectivity index (χ1) is 14.1. The Labute approximate surface area is 168 Å². The van der Waals surface area contributed by atoms with Gasteiger partial charge in [-0.25, -0.2) is 0 Å². The Morgan fingerprint density at radius 2 is 1.90 bits per heavy atom. The molecule has 6 nitrogen and oxygen atoms in total. The van der Waals surface area contributed by atoms with E-state index in [-0.39, 0.29) is 11.3 Å². The highest BCUT2D eigenvalue weighted by Gasteiger charge is 2.17. The van der Waals surface area contributed by atoms with Gasteiger partial charge < -0.3 is 13.8 Å². The number of benzene rings is 2. The molecule has 6 heteroatoms. The number of pyridine rings is 1. The third-order valence-electron chi connectivity index (χ3n) is 4.78. The van der Waals surface area contributed by atoms with Gasteiger partial charge in [0.2, 0.25) is 11.3 Å². The van der Waals surface area contributed by atoms with Crippen molar-refractivity contribution >= 4 is 10.9 Å². The molecule has 4 aromatic rings. The molecule has 29 heavy (non-hydrogen) atoms. The number of rotatable bonds is 6. The molecule has 0 radical (unpaired) electrons. The molecule has 4 rings (SSSR count). The quantitative estimate of drug-likeness (QED) is 0.472. The van der Waals surface area contributed by atoms with Crippen LogP contribution in [0.25, 0.3) is 33.7 Å². The van der Waals surface area contributed by atoms with Crippen molar-refractivity contribution in [2.45, 2.75) is 33.7 Å². The highest BCUT2D eigenvalue weighted by Crippen LogP contribution is 2.24. The smallest absolute Gasteiger partial charge is 0.263 e.